The minimum Gasteiger partial charge on any atom is -0.381 e. The maximum Gasteiger partial charge on any atom is 0.0832 e. The van der Waals surface area contributed by atoms with Gasteiger partial charge in [0.05, 0.1) is 5.60 Å². The second kappa shape index (κ2) is 4.60. The molecule has 0 aromatic heterocycles. The molecule has 82 valence electrons. The van der Waals surface area contributed by atoms with Gasteiger partial charge in [0, 0.05) is 26.9 Å². The van der Waals surface area contributed by atoms with Gasteiger partial charge in [0.25, 0.3) is 0 Å². The normalized spacial score (nSPS) is 35.8. The smallest absolute Gasteiger partial charge is 0.0832 e. The lowest BCUT2D eigenvalue weighted by Gasteiger charge is -2.44. The predicted molar refractivity (Wildman–Crippen MR) is 55.4 cm³/mol. The zero-order valence-electron chi connectivity index (χ0n) is 9.05. The molecule has 0 aromatic carbocycles. The van der Waals surface area contributed by atoms with Gasteiger partial charge in [-0.15, -0.1) is 0 Å². The molecule has 2 heterocycles. The van der Waals surface area contributed by atoms with E-state index in [1.165, 1.54) is 12.8 Å². The predicted octanol–water partition coefficient (Wildman–Crippen LogP) is 1.18. The highest BCUT2D eigenvalue weighted by Crippen LogP contribution is 2.35. The fraction of sp³-hybridized carbons (Fsp3) is 1.00. The number of nitrogens with one attached hydrogen (secondary N) is 1. The molecule has 0 bridgehead atoms. The van der Waals surface area contributed by atoms with Gasteiger partial charge in [0.1, 0.15) is 0 Å². The first-order chi connectivity index (χ1) is 6.87. The first-order valence-corrected chi connectivity index (χ1v) is 5.71. The van der Waals surface area contributed by atoms with E-state index in [2.05, 4.69) is 5.32 Å². The van der Waals surface area contributed by atoms with Crippen molar-refractivity contribution in [2.75, 3.05) is 33.4 Å². The van der Waals surface area contributed by atoms with Crippen LogP contribution in [0.4, 0.5) is 0 Å². The molecule has 2 aliphatic rings. The van der Waals surface area contributed by atoms with E-state index in [9.17, 15) is 0 Å². The second-order valence-electron chi connectivity index (χ2n) is 4.44. The van der Waals surface area contributed by atoms with Gasteiger partial charge < -0.3 is 14.8 Å². The summed E-state index contributed by atoms with van der Waals surface area (Å²) in [6, 6.07) is 0. The summed E-state index contributed by atoms with van der Waals surface area (Å²) in [5, 5.41) is 3.46. The Morgan fingerprint density at radius 1 is 1.36 bits per heavy atom. The maximum absolute atomic E-state index is 5.80. The van der Waals surface area contributed by atoms with Crippen LogP contribution in [0.3, 0.4) is 0 Å². The van der Waals surface area contributed by atoms with Crippen LogP contribution in [0.2, 0.25) is 0 Å². The summed E-state index contributed by atoms with van der Waals surface area (Å²) in [6.07, 6.45) is 4.78. The molecule has 0 radical (unpaired) electrons. The SMILES string of the molecule is COC1(C2CCOCC2)CCCNC1. The monoisotopic (exact) mass is 199 g/mol. The fourth-order valence-electron chi connectivity index (χ4n) is 2.81. The summed E-state index contributed by atoms with van der Waals surface area (Å²) in [5.41, 5.74) is 0.0992. The van der Waals surface area contributed by atoms with Crippen molar-refractivity contribution in [3.05, 3.63) is 0 Å². The number of hydrogen-bond acceptors (Lipinski definition) is 3. The molecule has 1 N–H and O–H groups in total. The van der Waals surface area contributed by atoms with E-state index in [4.69, 9.17) is 9.47 Å². The third-order valence-corrected chi connectivity index (χ3v) is 3.75. The summed E-state index contributed by atoms with van der Waals surface area (Å²) in [6.45, 7) is 3.99. The summed E-state index contributed by atoms with van der Waals surface area (Å²) in [5.74, 6) is 0.689. The molecule has 2 aliphatic heterocycles. The maximum atomic E-state index is 5.80. The highest BCUT2D eigenvalue weighted by molar-refractivity contribution is 4.93. The van der Waals surface area contributed by atoms with E-state index in [1.54, 1.807) is 0 Å². The van der Waals surface area contributed by atoms with E-state index in [0.29, 0.717) is 5.92 Å². The van der Waals surface area contributed by atoms with Crippen LogP contribution in [0.5, 0.6) is 0 Å². The first kappa shape index (κ1) is 10.4. The van der Waals surface area contributed by atoms with Crippen molar-refractivity contribution in [1.29, 1.82) is 0 Å². The summed E-state index contributed by atoms with van der Waals surface area (Å²) >= 11 is 0. The minimum atomic E-state index is 0.0992. The molecule has 3 nitrogen and oxygen atoms in total. The lowest BCUT2D eigenvalue weighted by atomic mass is 9.77. The summed E-state index contributed by atoms with van der Waals surface area (Å²) in [4.78, 5) is 0. The van der Waals surface area contributed by atoms with Gasteiger partial charge in [0.2, 0.25) is 0 Å². The fourth-order valence-corrected chi connectivity index (χ4v) is 2.81. The average molecular weight is 199 g/mol. The molecule has 0 amide bonds. The van der Waals surface area contributed by atoms with Crippen LogP contribution in [0, 0.1) is 5.92 Å². The lowest BCUT2D eigenvalue weighted by Crippen LogP contribution is -2.53. The van der Waals surface area contributed by atoms with Crippen LogP contribution >= 0.6 is 0 Å². The summed E-state index contributed by atoms with van der Waals surface area (Å²) in [7, 11) is 1.86. The Bertz CT molecular complexity index is 172. The van der Waals surface area contributed by atoms with Crippen LogP contribution in [-0.4, -0.2) is 39.0 Å². The van der Waals surface area contributed by atoms with Crippen LogP contribution in [0.15, 0.2) is 0 Å². The molecule has 14 heavy (non-hydrogen) atoms. The van der Waals surface area contributed by atoms with Gasteiger partial charge in [-0.1, -0.05) is 0 Å². The average Bonchev–Trinajstić information content (AvgIpc) is 2.31. The van der Waals surface area contributed by atoms with Gasteiger partial charge in [-0.25, -0.2) is 0 Å². The van der Waals surface area contributed by atoms with Crippen molar-refractivity contribution in [2.24, 2.45) is 5.92 Å². The van der Waals surface area contributed by atoms with Crippen LogP contribution in [0.25, 0.3) is 0 Å². The standard InChI is InChI=1S/C11H21NO2/c1-13-11(5-2-6-12-9-11)10-3-7-14-8-4-10/h10,12H,2-9H2,1H3. The van der Waals surface area contributed by atoms with Gasteiger partial charge in [-0.2, -0.15) is 0 Å². The number of methoxy groups -OCH3 is 1. The number of rotatable bonds is 2. The zero-order chi connectivity index (χ0) is 9.86. The molecule has 3 heteroatoms. The van der Waals surface area contributed by atoms with E-state index in [1.807, 2.05) is 7.11 Å². The third kappa shape index (κ3) is 1.95. The zero-order valence-corrected chi connectivity index (χ0v) is 9.05. The van der Waals surface area contributed by atoms with Crippen molar-refractivity contribution >= 4 is 0 Å². The van der Waals surface area contributed by atoms with Gasteiger partial charge in [0.15, 0.2) is 0 Å². The van der Waals surface area contributed by atoms with Gasteiger partial charge >= 0.3 is 0 Å². The lowest BCUT2D eigenvalue weighted by molar-refractivity contribution is -0.103. The topological polar surface area (TPSA) is 30.5 Å². The Labute approximate surface area is 86.2 Å². The molecule has 1 atom stereocenters. The Balaban J connectivity index is 2.01. The highest BCUT2D eigenvalue weighted by Gasteiger charge is 2.40. The quantitative estimate of drug-likeness (QED) is 0.724. The van der Waals surface area contributed by atoms with E-state index < -0.39 is 0 Å². The third-order valence-electron chi connectivity index (χ3n) is 3.75. The first-order valence-electron chi connectivity index (χ1n) is 5.71. The van der Waals surface area contributed by atoms with E-state index in [-0.39, 0.29) is 5.60 Å². The molecule has 2 rings (SSSR count). The number of piperidine rings is 1. The molecule has 0 saturated carbocycles. The molecule has 0 spiro atoms. The van der Waals surface area contributed by atoms with E-state index in [0.717, 1.165) is 39.1 Å². The van der Waals surface area contributed by atoms with E-state index >= 15 is 0 Å². The Morgan fingerprint density at radius 3 is 2.71 bits per heavy atom. The second-order valence-corrected chi connectivity index (χ2v) is 4.44. The number of hydrogen-bond donors (Lipinski definition) is 1. The highest BCUT2D eigenvalue weighted by atomic mass is 16.5. The van der Waals surface area contributed by atoms with Crippen LogP contribution in [-0.2, 0) is 9.47 Å². The molecule has 0 aliphatic carbocycles. The van der Waals surface area contributed by atoms with Crippen molar-refractivity contribution < 1.29 is 9.47 Å². The molecule has 1 unspecified atom stereocenters. The van der Waals surface area contributed by atoms with Gasteiger partial charge in [-0.3, -0.25) is 0 Å². The van der Waals surface area contributed by atoms with Crippen molar-refractivity contribution in [3.63, 3.8) is 0 Å². The van der Waals surface area contributed by atoms with Crippen LogP contribution < -0.4 is 5.32 Å². The molecule has 0 aromatic rings. The van der Waals surface area contributed by atoms with Crippen LogP contribution in [0.1, 0.15) is 25.7 Å². The molecule has 2 fully saturated rings. The summed E-state index contributed by atoms with van der Waals surface area (Å²) < 4.78 is 11.2. The number of ether oxygens (including phenoxy) is 2. The van der Waals surface area contributed by atoms with Crippen molar-refractivity contribution in [1.82, 2.24) is 5.32 Å². The molecule has 2 saturated heterocycles. The molecular formula is C11H21NO2. The van der Waals surface area contributed by atoms with Crippen molar-refractivity contribution in [3.8, 4) is 0 Å². The minimum absolute atomic E-state index is 0.0992. The molecular weight excluding hydrogens is 178 g/mol. The Morgan fingerprint density at radius 2 is 2.14 bits per heavy atom. The largest absolute Gasteiger partial charge is 0.381 e. The Hall–Kier alpha value is -0.120. The van der Waals surface area contributed by atoms with Crippen molar-refractivity contribution in [2.45, 2.75) is 31.3 Å². The van der Waals surface area contributed by atoms with Gasteiger partial charge in [-0.05, 0) is 38.1 Å². The Kier molecular flexibility index (Phi) is 3.42.